The van der Waals surface area contributed by atoms with Crippen LogP contribution in [0.4, 0.5) is 5.69 Å². The molecule has 0 unspecified atom stereocenters. The van der Waals surface area contributed by atoms with Gasteiger partial charge in [-0.15, -0.1) is 22.0 Å². The molecule has 0 spiro atoms. The Labute approximate surface area is 171 Å². The second kappa shape index (κ2) is 8.87. The summed E-state index contributed by atoms with van der Waals surface area (Å²) in [4.78, 5) is 23.6. The zero-order valence-electron chi connectivity index (χ0n) is 16.1. The standard InChI is InChI=1S/C20H19N3O5S/c1-12-4-10-17(11-5-12)29-14(3)20(24)27-13(2)18-21-22-19(28-18)15-6-8-16(9-7-15)23(25)26/h4-11,13-14H,1-3H3/t13-,14+/m1/s1. The summed E-state index contributed by atoms with van der Waals surface area (Å²) in [6.45, 7) is 5.42. The lowest BCUT2D eigenvalue weighted by atomic mass is 10.2. The number of carbonyl (C=O) groups excluding carboxylic acids is 1. The van der Waals surface area contributed by atoms with Crippen molar-refractivity contribution in [2.24, 2.45) is 0 Å². The minimum absolute atomic E-state index is 0.0316. The van der Waals surface area contributed by atoms with Gasteiger partial charge in [-0.25, -0.2) is 0 Å². The van der Waals surface area contributed by atoms with Gasteiger partial charge in [0.1, 0.15) is 5.25 Å². The van der Waals surface area contributed by atoms with Gasteiger partial charge in [-0.05, 0) is 45.0 Å². The first kappa shape index (κ1) is 20.5. The van der Waals surface area contributed by atoms with Gasteiger partial charge >= 0.3 is 5.97 Å². The van der Waals surface area contributed by atoms with Crippen LogP contribution in [-0.2, 0) is 9.53 Å². The van der Waals surface area contributed by atoms with Gasteiger partial charge in [-0.3, -0.25) is 14.9 Å². The normalized spacial score (nSPS) is 12.9. The Morgan fingerprint density at radius 3 is 2.38 bits per heavy atom. The van der Waals surface area contributed by atoms with Crippen LogP contribution in [0.2, 0.25) is 0 Å². The van der Waals surface area contributed by atoms with Crippen molar-refractivity contribution >= 4 is 23.4 Å². The topological polar surface area (TPSA) is 108 Å². The number of nitro benzene ring substituents is 1. The Bertz CT molecular complexity index is 1000. The summed E-state index contributed by atoms with van der Waals surface area (Å²) in [5.74, 6) is -0.0442. The highest BCUT2D eigenvalue weighted by molar-refractivity contribution is 8.00. The van der Waals surface area contributed by atoms with Gasteiger partial charge in [0.25, 0.3) is 11.6 Å². The first-order valence-corrected chi connectivity index (χ1v) is 9.73. The van der Waals surface area contributed by atoms with E-state index in [1.54, 1.807) is 13.8 Å². The third-order valence-electron chi connectivity index (χ3n) is 4.07. The number of benzene rings is 2. The molecule has 1 aromatic heterocycles. The second-order valence-corrected chi connectivity index (χ2v) is 7.82. The minimum atomic E-state index is -0.720. The maximum atomic E-state index is 12.4. The van der Waals surface area contributed by atoms with Crippen LogP contribution in [0.3, 0.4) is 0 Å². The number of ether oxygens (including phenoxy) is 1. The summed E-state index contributed by atoms with van der Waals surface area (Å²) in [5, 5.41) is 18.2. The molecule has 0 bridgehead atoms. The van der Waals surface area contributed by atoms with Crippen molar-refractivity contribution < 1.29 is 18.9 Å². The molecule has 1 heterocycles. The summed E-state index contributed by atoms with van der Waals surface area (Å²) < 4.78 is 11.0. The van der Waals surface area contributed by atoms with Crippen molar-refractivity contribution in [1.29, 1.82) is 0 Å². The molecule has 2 aromatic carbocycles. The third-order valence-corrected chi connectivity index (χ3v) is 5.16. The Hall–Kier alpha value is -3.20. The third kappa shape index (κ3) is 5.20. The molecule has 9 heteroatoms. The fourth-order valence-corrected chi connectivity index (χ4v) is 3.28. The average molecular weight is 413 g/mol. The van der Waals surface area contributed by atoms with Gasteiger partial charge in [0, 0.05) is 22.6 Å². The second-order valence-electron chi connectivity index (χ2n) is 6.40. The highest BCUT2D eigenvalue weighted by Gasteiger charge is 2.23. The smallest absolute Gasteiger partial charge is 0.319 e. The molecule has 29 heavy (non-hydrogen) atoms. The summed E-state index contributed by atoms with van der Waals surface area (Å²) in [7, 11) is 0. The molecule has 0 amide bonds. The highest BCUT2D eigenvalue weighted by atomic mass is 32.2. The van der Waals surface area contributed by atoms with Crippen molar-refractivity contribution in [3.63, 3.8) is 0 Å². The fraction of sp³-hybridized carbons (Fsp3) is 0.250. The molecule has 0 aliphatic rings. The predicted molar refractivity (Wildman–Crippen MR) is 107 cm³/mol. The van der Waals surface area contributed by atoms with Crippen LogP contribution in [0.1, 0.15) is 31.4 Å². The van der Waals surface area contributed by atoms with E-state index in [-0.39, 0.29) is 17.5 Å². The van der Waals surface area contributed by atoms with Gasteiger partial charge in [0.05, 0.1) is 4.92 Å². The molecule has 0 saturated carbocycles. The summed E-state index contributed by atoms with van der Waals surface area (Å²) in [6, 6.07) is 13.6. The average Bonchev–Trinajstić information content (AvgIpc) is 3.20. The Kier molecular flexibility index (Phi) is 6.28. The molecule has 8 nitrogen and oxygen atoms in total. The number of aryl methyl sites for hydroxylation is 1. The van der Waals surface area contributed by atoms with Gasteiger partial charge in [-0.1, -0.05) is 17.7 Å². The number of carbonyl (C=O) groups is 1. The van der Waals surface area contributed by atoms with Crippen LogP contribution in [0, 0.1) is 17.0 Å². The van der Waals surface area contributed by atoms with Crippen LogP contribution >= 0.6 is 11.8 Å². The SMILES string of the molecule is Cc1ccc(S[C@@H](C)C(=O)O[C@H](C)c2nnc(-c3ccc([N+](=O)[O-])cc3)o2)cc1. The zero-order valence-corrected chi connectivity index (χ0v) is 16.9. The number of hydrogen-bond donors (Lipinski definition) is 0. The van der Waals surface area contributed by atoms with Crippen molar-refractivity contribution in [2.75, 3.05) is 0 Å². The molecule has 150 valence electrons. The maximum absolute atomic E-state index is 12.4. The molecule has 0 aliphatic heterocycles. The molecule has 0 aliphatic carbocycles. The minimum Gasteiger partial charge on any atom is -0.452 e. The van der Waals surface area contributed by atoms with Gasteiger partial charge in [0.15, 0.2) is 6.10 Å². The van der Waals surface area contributed by atoms with E-state index in [0.717, 1.165) is 10.5 Å². The molecule has 0 N–H and O–H groups in total. The van der Waals surface area contributed by atoms with Crippen LogP contribution in [-0.4, -0.2) is 26.3 Å². The van der Waals surface area contributed by atoms with Crippen molar-refractivity contribution in [1.82, 2.24) is 10.2 Å². The molecule has 3 rings (SSSR count). The summed E-state index contributed by atoms with van der Waals surface area (Å²) >= 11 is 1.41. The lowest BCUT2D eigenvalue weighted by Crippen LogP contribution is -2.19. The summed E-state index contributed by atoms with van der Waals surface area (Å²) in [5.41, 5.74) is 1.66. The number of aromatic nitrogens is 2. The Morgan fingerprint density at radius 1 is 1.10 bits per heavy atom. The molecular formula is C20H19N3O5S. The number of non-ortho nitro benzene ring substituents is 1. The molecular weight excluding hydrogens is 394 g/mol. The van der Waals surface area contributed by atoms with Crippen LogP contribution in [0.15, 0.2) is 57.8 Å². The van der Waals surface area contributed by atoms with E-state index in [9.17, 15) is 14.9 Å². The van der Waals surface area contributed by atoms with E-state index >= 15 is 0 Å². The Morgan fingerprint density at radius 2 is 1.76 bits per heavy atom. The van der Waals surface area contributed by atoms with Gasteiger partial charge < -0.3 is 9.15 Å². The number of rotatable bonds is 7. The van der Waals surface area contributed by atoms with E-state index < -0.39 is 22.2 Å². The lowest BCUT2D eigenvalue weighted by Gasteiger charge is -2.14. The first-order valence-electron chi connectivity index (χ1n) is 8.85. The van der Waals surface area contributed by atoms with E-state index in [0.29, 0.717) is 5.56 Å². The van der Waals surface area contributed by atoms with Crippen LogP contribution < -0.4 is 0 Å². The molecule has 0 saturated heterocycles. The van der Waals surface area contributed by atoms with Crippen LogP contribution in [0.5, 0.6) is 0 Å². The predicted octanol–water partition coefficient (Wildman–Crippen LogP) is 4.74. The highest BCUT2D eigenvalue weighted by Crippen LogP contribution is 2.27. The number of thioether (sulfide) groups is 1. The van der Waals surface area contributed by atoms with E-state index in [1.165, 1.54) is 36.0 Å². The largest absolute Gasteiger partial charge is 0.452 e. The maximum Gasteiger partial charge on any atom is 0.319 e. The number of nitro groups is 1. The number of nitrogens with zero attached hydrogens (tertiary/aromatic N) is 3. The quantitative estimate of drug-likeness (QED) is 0.236. The van der Waals surface area contributed by atoms with Gasteiger partial charge in [0.2, 0.25) is 5.89 Å². The molecule has 2 atom stereocenters. The zero-order chi connectivity index (χ0) is 21.0. The van der Waals surface area contributed by atoms with Crippen molar-refractivity contribution in [3.05, 3.63) is 70.1 Å². The van der Waals surface area contributed by atoms with Crippen molar-refractivity contribution in [2.45, 2.75) is 37.0 Å². The van der Waals surface area contributed by atoms with Crippen LogP contribution in [0.25, 0.3) is 11.5 Å². The Balaban J connectivity index is 1.61. The monoisotopic (exact) mass is 413 g/mol. The van der Waals surface area contributed by atoms with Crippen molar-refractivity contribution in [3.8, 4) is 11.5 Å². The number of hydrogen-bond acceptors (Lipinski definition) is 8. The molecule has 3 aromatic rings. The van der Waals surface area contributed by atoms with E-state index in [2.05, 4.69) is 10.2 Å². The van der Waals surface area contributed by atoms with Gasteiger partial charge in [-0.2, -0.15) is 0 Å². The summed E-state index contributed by atoms with van der Waals surface area (Å²) in [6.07, 6.45) is -0.720. The lowest BCUT2D eigenvalue weighted by molar-refractivity contribution is -0.384. The van der Waals surface area contributed by atoms with E-state index in [4.69, 9.17) is 9.15 Å². The number of esters is 1. The molecule has 0 fully saturated rings. The van der Waals surface area contributed by atoms with E-state index in [1.807, 2.05) is 31.2 Å². The first-order chi connectivity index (χ1) is 13.8. The fourth-order valence-electron chi connectivity index (χ4n) is 2.43. The molecule has 0 radical (unpaired) electrons.